The summed E-state index contributed by atoms with van der Waals surface area (Å²) in [7, 11) is 0. The first kappa shape index (κ1) is 47.7. The van der Waals surface area contributed by atoms with E-state index >= 15 is 0 Å². The molecule has 8 heteroatoms. The highest BCUT2D eigenvalue weighted by molar-refractivity contribution is 7.90. The van der Waals surface area contributed by atoms with Crippen molar-refractivity contribution in [2.75, 3.05) is 0 Å². The van der Waals surface area contributed by atoms with Crippen LogP contribution in [0.5, 0.6) is 11.5 Å². The van der Waals surface area contributed by atoms with Gasteiger partial charge in [0, 0.05) is 12.8 Å². The third-order valence-electron chi connectivity index (χ3n) is 18.9. The maximum Gasteiger partial charge on any atom is 0.260 e. The molecule has 4 aromatic carbocycles. The molecule has 66 heavy (non-hydrogen) atoms. The van der Waals surface area contributed by atoms with Crippen LogP contribution in [0.1, 0.15) is 176 Å². The van der Waals surface area contributed by atoms with Gasteiger partial charge in [0.1, 0.15) is 11.5 Å². The lowest BCUT2D eigenvalue weighted by molar-refractivity contribution is -0.199. The van der Waals surface area contributed by atoms with Gasteiger partial charge in [-0.25, -0.2) is 0 Å². The Morgan fingerprint density at radius 3 is 1.50 bits per heavy atom. The van der Waals surface area contributed by atoms with Crippen molar-refractivity contribution in [1.82, 2.24) is 0 Å². The topological polar surface area (TPSA) is 114 Å². The highest BCUT2D eigenvalue weighted by Gasteiger charge is 2.62. The number of aromatic hydroxyl groups is 1. The van der Waals surface area contributed by atoms with Crippen molar-refractivity contribution in [3.63, 3.8) is 0 Å². The standard InChI is InChI=1S/C29H39NO4S.C29H38O2/c1-27(2,3)21-8-5-19(6-9-21)18-29(31)16-14-26-25-11-7-20-17-22(32-35-34-33-30)10-12-23(20)24(25)13-15-28(26,29)4;1-27(2,3)21-8-5-19(6-9-21)18-29(31)16-14-26-25-11-7-20-17-22(30)10-12-23(20)24(25)13-15-28(26,29)4/h5-6,8-10,12,17,24-26,31H,7,11,13-16,18,30H2,1-4H3;5-6,8-10,12,17,24-26,30-31H,7,11,13-16,18H2,1-4H3/t2*24?,25?,26?,28-,29+/m00/s1. The first-order valence-electron chi connectivity index (χ1n) is 25.2. The number of hydrogen-bond donors (Lipinski definition) is 4. The molecule has 0 bridgehead atoms. The van der Waals surface area contributed by atoms with Crippen LogP contribution in [0.3, 0.4) is 0 Å². The Bertz CT molecular complexity index is 2350. The van der Waals surface area contributed by atoms with Crippen LogP contribution >= 0.6 is 12.3 Å². The number of phenolic OH excluding ortho intramolecular Hbond substituents is 1. The predicted molar refractivity (Wildman–Crippen MR) is 266 cm³/mol. The third-order valence-corrected chi connectivity index (χ3v) is 19.3. The molecule has 0 saturated heterocycles. The molecular formula is C58H77NO6S. The third kappa shape index (κ3) is 8.68. The Balaban J connectivity index is 0.000000167. The first-order valence-corrected chi connectivity index (χ1v) is 25.9. The van der Waals surface area contributed by atoms with Crippen molar-refractivity contribution in [3.8, 4) is 11.5 Å². The quantitative estimate of drug-likeness (QED) is 0.0598. The van der Waals surface area contributed by atoms with Crippen LogP contribution in [-0.2, 0) is 45.8 Å². The van der Waals surface area contributed by atoms with Crippen LogP contribution in [0.15, 0.2) is 84.9 Å². The minimum atomic E-state index is -0.633. The van der Waals surface area contributed by atoms with Crippen molar-refractivity contribution >= 4 is 12.3 Å². The Hall–Kier alpha value is -3.37. The molecule has 0 radical (unpaired) electrons. The predicted octanol–water partition coefficient (Wildman–Crippen LogP) is 13.1. The number of aryl methyl sites for hydroxylation is 2. The molecule has 10 atom stereocenters. The van der Waals surface area contributed by atoms with Crippen LogP contribution in [0.2, 0.25) is 0 Å². The van der Waals surface area contributed by atoms with E-state index in [4.69, 9.17) is 10.1 Å². The van der Waals surface area contributed by atoms with E-state index in [0.717, 1.165) is 95.1 Å². The van der Waals surface area contributed by atoms with Gasteiger partial charge in [0.25, 0.3) is 12.3 Å². The molecule has 0 amide bonds. The molecule has 6 aliphatic carbocycles. The summed E-state index contributed by atoms with van der Waals surface area (Å²) in [5, 5.41) is 34.0. The van der Waals surface area contributed by atoms with Gasteiger partial charge in [0.05, 0.1) is 11.2 Å². The van der Waals surface area contributed by atoms with Crippen molar-refractivity contribution < 1.29 is 28.8 Å². The zero-order valence-corrected chi connectivity index (χ0v) is 41.8. The number of rotatable bonds is 8. The fraction of sp³-hybridized carbons (Fsp3) is 0.586. The normalized spacial score (nSPS) is 33.3. The van der Waals surface area contributed by atoms with Crippen molar-refractivity contribution in [3.05, 3.63) is 129 Å². The SMILES string of the molecule is CC(C)(C)c1ccc(C[C@]2(O)CCC3C4CCc5cc(O)ccc5C4CC[C@@]32C)cc1.CC(C)(C)c1ccc(C[C@]2(O)CCC3C4CCc5cc(OSOON)ccc5C4CC[C@@]32C)cc1. The molecule has 6 unspecified atom stereocenters. The average Bonchev–Trinajstić information content (AvgIpc) is 3.70. The van der Waals surface area contributed by atoms with E-state index in [9.17, 15) is 15.3 Å². The Labute approximate surface area is 399 Å². The number of aliphatic hydroxyl groups is 2. The second-order valence-corrected chi connectivity index (χ2v) is 24.6. The molecule has 0 aliphatic heterocycles. The van der Waals surface area contributed by atoms with E-state index in [1.807, 2.05) is 18.2 Å². The van der Waals surface area contributed by atoms with E-state index in [-0.39, 0.29) is 21.7 Å². The summed E-state index contributed by atoms with van der Waals surface area (Å²) in [6.07, 6.45) is 14.5. The fourth-order valence-corrected chi connectivity index (χ4v) is 15.2. The summed E-state index contributed by atoms with van der Waals surface area (Å²) < 4.78 is 10.1. The van der Waals surface area contributed by atoms with E-state index in [1.165, 1.54) is 57.3 Å². The Morgan fingerprint density at radius 2 is 1.05 bits per heavy atom. The Kier molecular flexibility index (Phi) is 12.9. The van der Waals surface area contributed by atoms with Crippen LogP contribution in [0.4, 0.5) is 0 Å². The molecule has 4 fully saturated rings. The van der Waals surface area contributed by atoms with Crippen molar-refractivity contribution in [2.45, 2.75) is 179 Å². The fourth-order valence-electron chi connectivity index (χ4n) is 15.0. The van der Waals surface area contributed by atoms with E-state index < -0.39 is 11.2 Å². The van der Waals surface area contributed by atoms with Gasteiger partial charge >= 0.3 is 0 Å². The molecule has 6 aliphatic rings. The van der Waals surface area contributed by atoms with Crippen molar-refractivity contribution in [2.24, 2.45) is 40.4 Å². The van der Waals surface area contributed by atoms with E-state index in [0.29, 0.717) is 41.3 Å². The summed E-state index contributed by atoms with van der Waals surface area (Å²) in [6, 6.07) is 30.3. The summed E-state index contributed by atoms with van der Waals surface area (Å²) in [5.41, 5.74) is 9.88. The average molecular weight is 916 g/mol. The highest BCUT2D eigenvalue weighted by Crippen LogP contribution is 2.66. The van der Waals surface area contributed by atoms with Gasteiger partial charge in [-0.3, -0.25) is 0 Å². The van der Waals surface area contributed by atoms with Crippen molar-refractivity contribution in [1.29, 1.82) is 0 Å². The zero-order chi connectivity index (χ0) is 46.9. The highest BCUT2D eigenvalue weighted by atomic mass is 32.2. The number of phenols is 1. The van der Waals surface area contributed by atoms with Crippen LogP contribution < -0.4 is 10.1 Å². The number of hydrogen-bond acceptors (Lipinski definition) is 8. The zero-order valence-electron chi connectivity index (χ0n) is 41.0. The lowest BCUT2D eigenvalue weighted by Crippen LogP contribution is -2.51. The molecule has 5 N–H and O–H groups in total. The minimum absolute atomic E-state index is 0.00864. The summed E-state index contributed by atoms with van der Waals surface area (Å²) in [5.74, 6) is 9.62. The molecule has 356 valence electrons. The van der Waals surface area contributed by atoms with Gasteiger partial charge in [-0.05, 0) is 203 Å². The largest absolute Gasteiger partial charge is 0.508 e. The van der Waals surface area contributed by atoms with Crippen LogP contribution in [-0.4, -0.2) is 26.5 Å². The summed E-state index contributed by atoms with van der Waals surface area (Å²) in [4.78, 5) is 4.09. The molecule has 10 rings (SSSR count). The number of benzene rings is 4. The molecule has 4 aromatic rings. The smallest absolute Gasteiger partial charge is 0.260 e. The molecule has 4 saturated carbocycles. The number of nitrogens with two attached hydrogens (primary N) is 1. The first-order chi connectivity index (χ1) is 31.2. The maximum absolute atomic E-state index is 12.1. The van der Waals surface area contributed by atoms with E-state index in [2.05, 4.69) is 131 Å². The van der Waals surface area contributed by atoms with Gasteiger partial charge in [-0.2, -0.15) is 5.90 Å². The van der Waals surface area contributed by atoms with E-state index in [1.54, 1.807) is 0 Å². The van der Waals surface area contributed by atoms with Crippen LogP contribution in [0.25, 0.3) is 0 Å². The summed E-state index contributed by atoms with van der Waals surface area (Å²) in [6.45, 7) is 18.3. The second-order valence-electron chi connectivity index (χ2n) is 24.2. The molecule has 7 nitrogen and oxygen atoms in total. The molecule has 0 aromatic heterocycles. The maximum atomic E-state index is 12.1. The lowest BCUT2D eigenvalue weighted by atomic mass is 9.53. The van der Waals surface area contributed by atoms with Gasteiger partial charge in [-0.1, -0.05) is 116 Å². The van der Waals surface area contributed by atoms with Gasteiger partial charge in [-0.15, -0.1) is 9.32 Å². The molecule has 0 heterocycles. The van der Waals surface area contributed by atoms with Gasteiger partial charge in [0.15, 0.2) is 0 Å². The lowest BCUT2D eigenvalue weighted by Gasteiger charge is -2.53. The number of fused-ring (bicyclic) bond motifs is 10. The monoisotopic (exact) mass is 916 g/mol. The molecule has 0 spiro atoms. The summed E-state index contributed by atoms with van der Waals surface area (Å²) >= 11 is 0.719. The van der Waals surface area contributed by atoms with Gasteiger partial charge in [0.2, 0.25) is 0 Å². The molecular weight excluding hydrogens is 839 g/mol. The Morgan fingerprint density at radius 1 is 0.591 bits per heavy atom. The van der Waals surface area contributed by atoms with Crippen LogP contribution in [0, 0.1) is 34.5 Å². The second kappa shape index (κ2) is 17.9. The van der Waals surface area contributed by atoms with Gasteiger partial charge < -0.3 is 19.5 Å². The minimum Gasteiger partial charge on any atom is -0.508 e.